The van der Waals surface area contributed by atoms with Crippen LogP contribution in [-0.2, 0) is 0 Å². The molecule has 0 saturated heterocycles. The van der Waals surface area contributed by atoms with Crippen molar-refractivity contribution in [2.45, 2.75) is 0 Å². The zero-order valence-electron chi connectivity index (χ0n) is 9.05. The highest BCUT2D eigenvalue weighted by atomic mass is 35.5. The van der Waals surface area contributed by atoms with Crippen molar-refractivity contribution >= 4 is 64.3 Å². The summed E-state index contributed by atoms with van der Waals surface area (Å²) in [6.45, 7) is 0. The van der Waals surface area contributed by atoms with Crippen LogP contribution in [0.1, 0.15) is 10.5 Å². The van der Waals surface area contributed by atoms with Crippen LogP contribution in [0.5, 0.6) is 0 Å². The quantitative estimate of drug-likeness (QED) is 0.385. The van der Waals surface area contributed by atoms with Crippen molar-refractivity contribution in [1.29, 1.82) is 0 Å². The van der Waals surface area contributed by atoms with Gasteiger partial charge in [0.25, 0.3) is 0 Å². The molecule has 0 saturated carbocycles. The Balaban J connectivity index is 2.78. The molecule has 1 heterocycles. The predicted octanol–water partition coefficient (Wildman–Crippen LogP) is 5.83. The molecule has 0 amide bonds. The number of benzene rings is 1. The van der Waals surface area contributed by atoms with Gasteiger partial charge in [-0.25, -0.2) is 0 Å². The number of carbonyl (C=O) groups is 1. The van der Waals surface area contributed by atoms with Crippen LogP contribution in [0.15, 0.2) is 18.3 Å². The summed E-state index contributed by atoms with van der Waals surface area (Å²) in [5.41, 5.74) is 1.23. The van der Waals surface area contributed by atoms with E-state index in [1.165, 1.54) is 12.3 Å². The number of carbonyl (C=O) groups excluding carboxylic acids is 1. The lowest BCUT2D eigenvalue weighted by Crippen LogP contribution is -1.90. The molecule has 0 spiro atoms. The first-order valence-electron chi connectivity index (χ1n) is 4.90. The Morgan fingerprint density at radius 3 is 1.95 bits per heavy atom. The number of aldehydes is 1. The minimum absolute atomic E-state index is 0.0896. The smallest absolute Gasteiger partial charge is 0.168 e. The molecule has 2 nitrogen and oxygen atoms in total. The van der Waals surface area contributed by atoms with Crippen LogP contribution >= 0.6 is 58.0 Å². The standard InChI is InChI=1S/C12H4Cl5NO/c13-8-7(5-1-2-18-6(3-5)4-19)9(14)11(16)12(17)10(8)15/h1-4H. The molecule has 0 N–H and O–H groups in total. The van der Waals surface area contributed by atoms with E-state index in [9.17, 15) is 4.79 Å². The third kappa shape index (κ3) is 2.69. The van der Waals surface area contributed by atoms with Crippen molar-refractivity contribution in [3.05, 3.63) is 49.1 Å². The summed E-state index contributed by atoms with van der Waals surface area (Å²) < 4.78 is 0. The van der Waals surface area contributed by atoms with Gasteiger partial charge >= 0.3 is 0 Å². The Morgan fingerprint density at radius 1 is 0.895 bits per heavy atom. The van der Waals surface area contributed by atoms with E-state index >= 15 is 0 Å². The fourth-order valence-electron chi connectivity index (χ4n) is 1.53. The largest absolute Gasteiger partial charge is 0.296 e. The lowest BCUT2D eigenvalue weighted by atomic mass is 10.1. The Labute approximate surface area is 134 Å². The molecular formula is C12H4Cl5NO. The number of hydrogen-bond acceptors (Lipinski definition) is 2. The summed E-state index contributed by atoms with van der Waals surface area (Å²) in [5.74, 6) is 0. The second-order valence-electron chi connectivity index (χ2n) is 3.53. The zero-order chi connectivity index (χ0) is 14.2. The van der Waals surface area contributed by atoms with Gasteiger partial charge in [-0.05, 0) is 17.7 Å². The molecule has 0 aliphatic carbocycles. The number of pyridine rings is 1. The average molecular weight is 355 g/mol. The van der Waals surface area contributed by atoms with Crippen LogP contribution < -0.4 is 0 Å². The van der Waals surface area contributed by atoms with Crippen molar-refractivity contribution in [2.24, 2.45) is 0 Å². The number of aromatic nitrogens is 1. The second kappa shape index (κ2) is 5.86. The maximum Gasteiger partial charge on any atom is 0.168 e. The first kappa shape index (κ1) is 14.9. The van der Waals surface area contributed by atoms with Gasteiger partial charge in [0.1, 0.15) is 5.69 Å². The van der Waals surface area contributed by atoms with Crippen molar-refractivity contribution < 1.29 is 4.79 Å². The Kier molecular flexibility index (Phi) is 4.59. The molecule has 2 rings (SSSR count). The normalized spacial score (nSPS) is 10.6. The van der Waals surface area contributed by atoms with Gasteiger partial charge in [0.15, 0.2) is 6.29 Å². The van der Waals surface area contributed by atoms with Gasteiger partial charge in [0.2, 0.25) is 0 Å². The van der Waals surface area contributed by atoms with Crippen molar-refractivity contribution in [1.82, 2.24) is 4.98 Å². The summed E-state index contributed by atoms with van der Waals surface area (Å²) in [5, 5.41) is 0.648. The van der Waals surface area contributed by atoms with Gasteiger partial charge in [-0.3, -0.25) is 9.78 Å². The molecule has 0 bridgehead atoms. The monoisotopic (exact) mass is 353 g/mol. The molecule has 0 unspecified atom stereocenters. The molecule has 98 valence electrons. The molecule has 0 radical (unpaired) electrons. The van der Waals surface area contributed by atoms with Gasteiger partial charge in [-0.15, -0.1) is 0 Å². The van der Waals surface area contributed by atoms with Crippen LogP contribution in [0.3, 0.4) is 0 Å². The summed E-state index contributed by atoms with van der Waals surface area (Å²) in [6.07, 6.45) is 2.08. The van der Waals surface area contributed by atoms with E-state index in [1.807, 2.05) is 0 Å². The van der Waals surface area contributed by atoms with E-state index in [-0.39, 0.29) is 30.8 Å². The van der Waals surface area contributed by atoms with E-state index in [4.69, 9.17) is 58.0 Å². The highest BCUT2D eigenvalue weighted by Gasteiger charge is 2.20. The first-order chi connectivity index (χ1) is 8.97. The fourth-order valence-corrected chi connectivity index (χ4v) is 2.88. The molecule has 1 aromatic carbocycles. The lowest BCUT2D eigenvalue weighted by molar-refractivity contribution is 0.111. The molecule has 0 aliphatic heterocycles. The van der Waals surface area contributed by atoms with Gasteiger partial charge in [-0.2, -0.15) is 0 Å². The van der Waals surface area contributed by atoms with Gasteiger partial charge in [0.05, 0.1) is 25.1 Å². The highest BCUT2D eigenvalue weighted by molar-refractivity contribution is 6.56. The molecular weight excluding hydrogens is 351 g/mol. The fraction of sp³-hybridized carbons (Fsp3) is 0. The zero-order valence-corrected chi connectivity index (χ0v) is 12.8. The first-order valence-corrected chi connectivity index (χ1v) is 6.79. The van der Waals surface area contributed by atoms with Crippen LogP contribution in [0.2, 0.25) is 25.1 Å². The number of hydrogen-bond donors (Lipinski definition) is 0. The minimum Gasteiger partial charge on any atom is -0.296 e. The highest BCUT2D eigenvalue weighted by Crippen LogP contribution is 2.48. The average Bonchev–Trinajstić information content (AvgIpc) is 2.43. The van der Waals surface area contributed by atoms with E-state index < -0.39 is 0 Å². The van der Waals surface area contributed by atoms with Crippen LogP contribution in [0.4, 0.5) is 0 Å². The van der Waals surface area contributed by atoms with Gasteiger partial charge < -0.3 is 0 Å². The SMILES string of the molecule is O=Cc1cc(-c2c(Cl)c(Cl)c(Cl)c(Cl)c2Cl)ccn1. The van der Waals surface area contributed by atoms with Gasteiger partial charge in [-0.1, -0.05) is 58.0 Å². The Hall–Kier alpha value is -0.510. The third-order valence-electron chi connectivity index (χ3n) is 2.40. The molecule has 1 aromatic heterocycles. The van der Waals surface area contributed by atoms with Crippen molar-refractivity contribution in [3.63, 3.8) is 0 Å². The second-order valence-corrected chi connectivity index (χ2v) is 5.42. The molecule has 7 heteroatoms. The maximum atomic E-state index is 10.7. The molecule has 0 atom stereocenters. The summed E-state index contributed by atoms with van der Waals surface area (Å²) >= 11 is 30.2. The van der Waals surface area contributed by atoms with E-state index in [0.29, 0.717) is 17.4 Å². The van der Waals surface area contributed by atoms with Crippen LogP contribution in [0.25, 0.3) is 11.1 Å². The molecule has 0 fully saturated rings. The third-order valence-corrected chi connectivity index (χ3v) is 4.68. The number of nitrogens with zero attached hydrogens (tertiary/aromatic N) is 1. The summed E-state index contributed by atoms with van der Waals surface area (Å²) in [4.78, 5) is 14.6. The topological polar surface area (TPSA) is 30.0 Å². The predicted molar refractivity (Wildman–Crippen MR) is 80.1 cm³/mol. The van der Waals surface area contributed by atoms with Crippen molar-refractivity contribution in [2.75, 3.05) is 0 Å². The molecule has 2 aromatic rings. The van der Waals surface area contributed by atoms with Gasteiger partial charge in [0, 0.05) is 11.8 Å². The molecule has 0 aliphatic rings. The van der Waals surface area contributed by atoms with E-state index in [0.717, 1.165) is 0 Å². The Morgan fingerprint density at radius 2 is 1.42 bits per heavy atom. The summed E-state index contributed by atoms with van der Waals surface area (Å²) in [6, 6.07) is 3.17. The van der Waals surface area contributed by atoms with E-state index in [1.54, 1.807) is 6.07 Å². The Bertz CT molecular complexity index is 642. The van der Waals surface area contributed by atoms with Crippen LogP contribution in [0, 0.1) is 0 Å². The summed E-state index contributed by atoms with van der Waals surface area (Å²) in [7, 11) is 0. The van der Waals surface area contributed by atoms with Crippen LogP contribution in [-0.4, -0.2) is 11.3 Å². The number of halogens is 5. The van der Waals surface area contributed by atoms with Crippen molar-refractivity contribution in [3.8, 4) is 11.1 Å². The van der Waals surface area contributed by atoms with E-state index in [2.05, 4.69) is 4.98 Å². The lowest BCUT2D eigenvalue weighted by Gasteiger charge is -2.12. The molecule has 19 heavy (non-hydrogen) atoms. The number of rotatable bonds is 2. The maximum absolute atomic E-state index is 10.7. The minimum atomic E-state index is 0.0896.